The zero-order chi connectivity index (χ0) is 19.6. The second-order valence-corrected chi connectivity index (χ2v) is 9.14. The van der Waals surface area contributed by atoms with Gasteiger partial charge in [-0.3, -0.25) is 4.79 Å². The van der Waals surface area contributed by atoms with Crippen LogP contribution in [-0.4, -0.2) is 41.3 Å². The summed E-state index contributed by atoms with van der Waals surface area (Å²) < 4.78 is 11.7. The second-order valence-electron chi connectivity index (χ2n) is 9.14. The average Bonchev–Trinajstić information content (AvgIpc) is 2.92. The van der Waals surface area contributed by atoms with E-state index < -0.39 is 16.6 Å². The van der Waals surface area contributed by atoms with Gasteiger partial charge in [-0.1, -0.05) is 34.6 Å². The van der Waals surface area contributed by atoms with Crippen LogP contribution in [0.25, 0.3) is 0 Å². The lowest BCUT2D eigenvalue weighted by Crippen LogP contribution is -2.47. The number of hydrogen-bond acceptors (Lipinski definition) is 4. The number of amides is 1. The number of rotatable bonds is 6. The zero-order valence-electron chi connectivity index (χ0n) is 17.6. The maximum atomic E-state index is 12.6. The van der Waals surface area contributed by atoms with Crippen LogP contribution in [0.3, 0.4) is 0 Å². The molecule has 1 aliphatic rings. The van der Waals surface area contributed by atoms with E-state index >= 15 is 0 Å². The third kappa shape index (κ3) is 4.89. The van der Waals surface area contributed by atoms with E-state index in [4.69, 9.17) is 9.47 Å². The summed E-state index contributed by atoms with van der Waals surface area (Å²) in [6.45, 7) is 18.7. The van der Waals surface area contributed by atoms with Crippen LogP contribution in [0.4, 0.5) is 4.79 Å². The maximum Gasteiger partial charge on any atom is 0.410 e. The van der Waals surface area contributed by atoms with Gasteiger partial charge < -0.3 is 14.4 Å². The van der Waals surface area contributed by atoms with Crippen molar-refractivity contribution < 1.29 is 19.1 Å². The fraction of sp³-hybridized carbons (Fsp3) is 0.900. The molecular weight excluding hydrogens is 318 g/mol. The summed E-state index contributed by atoms with van der Waals surface area (Å²) in [5.41, 5.74) is -1.68. The molecule has 0 aromatic rings. The zero-order valence-corrected chi connectivity index (χ0v) is 17.6. The van der Waals surface area contributed by atoms with Crippen molar-refractivity contribution in [3.05, 3.63) is 0 Å². The van der Waals surface area contributed by atoms with Gasteiger partial charge in [0.25, 0.3) is 0 Å². The van der Waals surface area contributed by atoms with Crippen molar-refractivity contribution in [2.45, 2.75) is 86.4 Å². The number of esters is 1. The third-order valence-electron chi connectivity index (χ3n) is 6.05. The topological polar surface area (TPSA) is 55.8 Å². The maximum absolute atomic E-state index is 12.6. The van der Waals surface area contributed by atoms with E-state index in [-0.39, 0.29) is 23.9 Å². The molecule has 0 aliphatic carbocycles. The molecule has 1 unspecified atom stereocenters. The minimum absolute atomic E-state index is 0.125. The van der Waals surface area contributed by atoms with Gasteiger partial charge in [-0.15, -0.1) is 0 Å². The first-order chi connectivity index (χ1) is 11.3. The fourth-order valence-electron chi connectivity index (χ4n) is 2.51. The molecule has 5 nitrogen and oxygen atoms in total. The van der Waals surface area contributed by atoms with Crippen molar-refractivity contribution in [3.63, 3.8) is 0 Å². The van der Waals surface area contributed by atoms with Gasteiger partial charge in [0.1, 0.15) is 11.2 Å². The molecule has 1 rings (SSSR count). The molecule has 5 heteroatoms. The first-order valence-electron chi connectivity index (χ1n) is 9.49. The van der Waals surface area contributed by atoms with Crippen LogP contribution >= 0.6 is 0 Å². The van der Waals surface area contributed by atoms with E-state index in [1.54, 1.807) is 4.90 Å². The van der Waals surface area contributed by atoms with Crippen molar-refractivity contribution in [2.75, 3.05) is 13.1 Å². The largest absolute Gasteiger partial charge is 0.456 e. The van der Waals surface area contributed by atoms with Gasteiger partial charge >= 0.3 is 12.1 Å². The number of likely N-dealkylation sites (tertiary alicyclic amines) is 1. The van der Waals surface area contributed by atoms with Crippen LogP contribution < -0.4 is 0 Å². The molecular formula is C20H37NO4. The van der Waals surface area contributed by atoms with Crippen LogP contribution in [0.15, 0.2) is 0 Å². The minimum atomic E-state index is -0.634. The van der Waals surface area contributed by atoms with Crippen LogP contribution in [0.2, 0.25) is 0 Å². The molecule has 0 spiro atoms. The lowest BCUT2D eigenvalue weighted by atomic mass is 9.86. The predicted molar refractivity (Wildman–Crippen MR) is 99.3 cm³/mol. The minimum Gasteiger partial charge on any atom is -0.456 e. The van der Waals surface area contributed by atoms with Crippen molar-refractivity contribution in [3.8, 4) is 0 Å². The lowest BCUT2D eigenvalue weighted by molar-refractivity contribution is -0.174. The number of nitrogens with zero attached hydrogens (tertiary/aromatic N) is 1. The van der Waals surface area contributed by atoms with Crippen molar-refractivity contribution in [1.82, 2.24) is 4.90 Å². The van der Waals surface area contributed by atoms with Gasteiger partial charge in [0, 0.05) is 13.0 Å². The third-order valence-corrected chi connectivity index (χ3v) is 6.05. The molecule has 1 heterocycles. The molecule has 1 fully saturated rings. The van der Waals surface area contributed by atoms with Gasteiger partial charge in [-0.2, -0.15) is 0 Å². The van der Waals surface area contributed by atoms with E-state index in [0.29, 0.717) is 25.9 Å². The molecule has 25 heavy (non-hydrogen) atoms. The number of ether oxygens (including phenoxy) is 2. The highest BCUT2D eigenvalue weighted by atomic mass is 16.6. The van der Waals surface area contributed by atoms with Crippen LogP contribution in [0.1, 0.15) is 75.2 Å². The normalized spacial score (nSPS) is 21.8. The quantitative estimate of drug-likeness (QED) is 0.651. The van der Waals surface area contributed by atoms with E-state index in [0.717, 1.165) is 0 Å². The van der Waals surface area contributed by atoms with Gasteiger partial charge in [0.05, 0.1) is 12.0 Å². The average molecular weight is 356 g/mol. The number of carbonyl (C=O) groups is 2. The molecule has 1 saturated heterocycles. The lowest BCUT2D eigenvalue weighted by Gasteiger charge is -2.36. The smallest absolute Gasteiger partial charge is 0.410 e. The van der Waals surface area contributed by atoms with Gasteiger partial charge in [-0.25, -0.2) is 4.79 Å². The summed E-state index contributed by atoms with van der Waals surface area (Å²) in [5, 5.41) is 0. The molecule has 1 atom stereocenters. The Balaban J connectivity index is 2.87. The SMILES string of the molecule is CCC(C)(C)C(=O)OC1(C(C)C)CCN(C(=O)OC(C)(C)C(C)C)C1. The first kappa shape index (κ1) is 21.8. The highest BCUT2D eigenvalue weighted by molar-refractivity contribution is 5.76. The summed E-state index contributed by atoms with van der Waals surface area (Å²) in [4.78, 5) is 26.9. The monoisotopic (exact) mass is 355 g/mol. The molecule has 0 aromatic carbocycles. The molecule has 0 aromatic heterocycles. The highest BCUT2D eigenvalue weighted by Gasteiger charge is 2.48. The molecule has 1 amide bonds. The fourth-order valence-corrected chi connectivity index (χ4v) is 2.51. The van der Waals surface area contributed by atoms with E-state index in [2.05, 4.69) is 0 Å². The first-order valence-corrected chi connectivity index (χ1v) is 9.49. The van der Waals surface area contributed by atoms with Gasteiger partial charge in [-0.05, 0) is 46.0 Å². The molecule has 146 valence electrons. The van der Waals surface area contributed by atoms with Crippen LogP contribution in [-0.2, 0) is 14.3 Å². The molecule has 0 bridgehead atoms. The Kier molecular flexibility index (Phi) is 6.57. The summed E-state index contributed by atoms with van der Waals surface area (Å²) >= 11 is 0. The number of hydrogen-bond donors (Lipinski definition) is 0. The Morgan fingerprint density at radius 3 is 2.12 bits per heavy atom. The van der Waals surface area contributed by atoms with Crippen LogP contribution in [0.5, 0.6) is 0 Å². The van der Waals surface area contributed by atoms with Crippen molar-refractivity contribution in [2.24, 2.45) is 17.3 Å². The molecule has 0 N–H and O–H groups in total. The van der Waals surface area contributed by atoms with Gasteiger partial charge in [0.15, 0.2) is 0 Å². The van der Waals surface area contributed by atoms with E-state index in [1.807, 2.05) is 62.3 Å². The molecule has 1 aliphatic heterocycles. The summed E-state index contributed by atoms with van der Waals surface area (Å²) in [6, 6.07) is 0. The summed E-state index contributed by atoms with van der Waals surface area (Å²) in [7, 11) is 0. The van der Waals surface area contributed by atoms with Crippen LogP contribution in [0, 0.1) is 17.3 Å². The molecule has 0 saturated carbocycles. The van der Waals surface area contributed by atoms with Crippen molar-refractivity contribution >= 4 is 12.1 Å². The Labute approximate surface area is 153 Å². The predicted octanol–water partition coefficient (Wildman–Crippen LogP) is 4.64. The standard InChI is InChI=1S/C20H37NO4/c1-10-18(6,7)16(22)24-20(15(4)5)11-12-21(13-20)17(23)25-19(8,9)14(2)3/h14-15H,10-13H2,1-9H3. The Bertz CT molecular complexity index is 496. The Morgan fingerprint density at radius 1 is 1.12 bits per heavy atom. The van der Waals surface area contributed by atoms with E-state index in [1.165, 1.54) is 0 Å². The molecule has 0 radical (unpaired) electrons. The highest BCUT2D eigenvalue weighted by Crippen LogP contribution is 2.36. The summed E-state index contributed by atoms with van der Waals surface area (Å²) in [6.07, 6.45) is 1.04. The second kappa shape index (κ2) is 7.55. The van der Waals surface area contributed by atoms with E-state index in [9.17, 15) is 9.59 Å². The number of carbonyl (C=O) groups excluding carboxylic acids is 2. The Hall–Kier alpha value is -1.26. The Morgan fingerprint density at radius 2 is 1.68 bits per heavy atom. The van der Waals surface area contributed by atoms with Gasteiger partial charge in [0.2, 0.25) is 0 Å². The summed E-state index contributed by atoms with van der Waals surface area (Å²) in [5.74, 6) is 0.151. The van der Waals surface area contributed by atoms with Crippen molar-refractivity contribution in [1.29, 1.82) is 0 Å².